The van der Waals surface area contributed by atoms with E-state index in [1.807, 2.05) is 0 Å². The van der Waals surface area contributed by atoms with Crippen LogP contribution in [0.5, 0.6) is 0 Å². The third-order valence-corrected chi connectivity index (χ3v) is 3.30. The van der Waals surface area contributed by atoms with Crippen LogP contribution in [0.2, 0.25) is 5.02 Å². The zero-order valence-corrected chi connectivity index (χ0v) is 9.58. The van der Waals surface area contributed by atoms with Gasteiger partial charge in [0.25, 0.3) is 0 Å². The van der Waals surface area contributed by atoms with Crippen LogP contribution in [0.15, 0.2) is 18.2 Å². The number of hydrogen-bond donors (Lipinski definition) is 1. The van der Waals surface area contributed by atoms with Crippen molar-refractivity contribution >= 4 is 11.6 Å². The first-order chi connectivity index (χ1) is 7.68. The van der Waals surface area contributed by atoms with Crippen molar-refractivity contribution < 1.29 is 14.2 Å². The van der Waals surface area contributed by atoms with Crippen molar-refractivity contribution in [3.63, 3.8) is 0 Å². The first kappa shape index (κ1) is 11.8. The van der Waals surface area contributed by atoms with E-state index in [1.165, 1.54) is 12.1 Å². The summed E-state index contributed by atoms with van der Waals surface area (Å²) in [6, 6.07) is 4.46. The molecule has 1 aliphatic rings. The summed E-state index contributed by atoms with van der Waals surface area (Å²) >= 11 is 5.59. The van der Waals surface area contributed by atoms with Gasteiger partial charge in [-0.15, -0.1) is 0 Å². The fourth-order valence-electron chi connectivity index (χ4n) is 2.00. The fraction of sp³-hybridized carbons (Fsp3) is 0.500. The van der Waals surface area contributed by atoms with E-state index in [9.17, 15) is 9.50 Å². The highest BCUT2D eigenvalue weighted by molar-refractivity contribution is 6.30. The van der Waals surface area contributed by atoms with Gasteiger partial charge in [0.05, 0.1) is 11.1 Å². The number of hydrogen-bond acceptors (Lipinski definition) is 2. The molecule has 0 bridgehead atoms. The molecule has 1 aliphatic heterocycles. The molecule has 4 heteroatoms. The minimum absolute atomic E-state index is 0.0860. The van der Waals surface area contributed by atoms with Crippen LogP contribution in [0.3, 0.4) is 0 Å². The van der Waals surface area contributed by atoms with Crippen LogP contribution in [0.1, 0.15) is 24.5 Å². The molecule has 1 saturated heterocycles. The topological polar surface area (TPSA) is 29.5 Å². The van der Waals surface area contributed by atoms with Gasteiger partial charge in [-0.25, -0.2) is 4.39 Å². The molecule has 0 saturated carbocycles. The first-order valence-electron chi connectivity index (χ1n) is 5.39. The molecule has 0 aromatic heterocycles. The van der Waals surface area contributed by atoms with Gasteiger partial charge >= 0.3 is 0 Å². The van der Waals surface area contributed by atoms with Crippen LogP contribution in [0.25, 0.3) is 0 Å². The highest BCUT2D eigenvalue weighted by Crippen LogP contribution is 2.31. The number of rotatable bonds is 2. The summed E-state index contributed by atoms with van der Waals surface area (Å²) in [6.07, 6.45) is 0.993. The van der Waals surface area contributed by atoms with Gasteiger partial charge in [0.2, 0.25) is 0 Å². The van der Waals surface area contributed by atoms with Crippen LogP contribution >= 0.6 is 11.6 Å². The molecule has 2 rings (SSSR count). The van der Waals surface area contributed by atoms with Gasteiger partial charge in [0.15, 0.2) is 0 Å². The Labute approximate surface area is 99.0 Å². The monoisotopic (exact) mass is 244 g/mol. The second-order valence-electron chi connectivity index (χ2n) is 4.07. The van der Waals surface area contributed by atoms with E-state index in [0.717, 1.165) is 12.8 Å². The largest absolute Gasteiger partial charge is 0.388 e. The number of aliphatic hydroxyl groups is 1. The molecular formula is C12H14ClFO2. The smallest absolute Gasteiger partial charge is 0.142 e. The summed E-state index contributed by atoms with van der Waals surface area (Å²) in [4.78, 5) is 0. The minimum Gasteiger partial charge on any atom is -0.388 e. The van der Waals surface area contributed by atoms with Gasteiger partial charge in [-0.1, -0.05) is 17.7 Å². The Morgan fingerprint density at radius 2 is 2.06 bits per heavy atom. The number of ether oxygens (including phenoxy) is 1. The Hall–Kier alpha value is -0.640. The van der Waals surface area contributed by atoms with E-state index in [2.05, 4.69) is 0 Å². The van der Waals surface area contributed by atoms with Crippen LogP contribution in [0.4, 0.5) is 4.39 Å². The third-order valence-electron chi connectivity index (χ3n) is 3.00. The lowest BCUT2D eigenvalue weighted by molar-refractivity contribution is 0.00709. The summed E-state index contributed by atoms with van der Waals surface area (Å²) < 4.78 is 18.5. The molecule has 1 unspecified atom stereocenters. The van der Waals surface area contributed by atoms with Gasteiger partial charge in [-0.2, -0.15) is 0 Å². The van der Waals surface area contributed by atoms with Crippen molar-refractivity contribution in [3.05, 3.63) is 34.6 Å². The predicted octanol–water partition coefficient (Wildman–Crippen LogP) is 2.94. The molecule has 2 nitrogen and oxygen atoms in total. The molecule has 0 aliphatic carbocycles. The normalized spacial score (nSPS) is 19.7. The SMILES string of the molecule is OC(c1ccc(Cl)c(F)c1)C1CCOCC1. The summed E-state index contributed by atoms with van der Waals surface area (Å²) in [6.45, 7) is 1.33. The summed E-state index contributed by atoms with van der Waals surface area (Å²) in [7, 11) is 0. The van der Waals surface area contributed by atoms with E-state index in [-0.39, 0.29) is 10.9 Å². The van der Waals surface area contributed by atoms with E-state index in [0.29, 0.717) is 18.8 Å². The molecular weight excluding hydrogens is 231 g/mol. The van der Waals surface area contributed by atoms with E-state index < -0.39 is 11.9 Å². The Morgan fingerprint density at radius 3 is 2.69 bits per heavy atom. The minimum atomic E-state index is -0.629. The molecule has 1 atom stereocenters. The van der Waals surface area contributed by atoms with Crippen LogP contribution < -0.4 is 0 Å². The van der Waals surface area contributed by atoms with Crippen molar-refractivity contribution in [2.24, 2.45) is 5.92 Å². The lowest BCUT2D eigenvalue weighted by Crippen LogP contribution is -2.22. The Bertz CT molecular complexity index is 364. The molecule has 1 N–H and O–H groups in total. The van der Waals surface area contributed by atoms with Gasteiger partial charge in [-0.05, 0) is 36.5 Å². The molecule has 1 heterocycles. The van der Waals surface area contributed by atoms with Gasteiger partial charge in [-0.3, -0.25) is 0 Å². The van der Waals surface area contributed by atoms with Crippen molar-refractivity contribution in [1.29, 1.82) is 0 Å². The van der Waals surface area contributed by atoms with Crippen molar-refractivity contribution in [2.45, 2.75) is 18.9 Å². The molecule has 16 heavy (non-hydrogen) atoms. The zero-order valence-electron chi connectivity index (χ0n) is 8.83. The molecule has 1 aromatic carbocycles. The predicted molar refractivity (Wildman–Crippen MR) is 59.9 cm³/mol. The van der Waals surface area contributed by atoms with Gasteiger partial charge in [0.1, 0.15) is 5.82 Å². The average Bonchev–Trinajstić information content (AvgIpc) is 2.33. The van der Waals surface area contributed by atoms with E-state index in [1.54, 1.807) is 6.07 Å². The number of halogens is 2. The first-order valence-corrected chi connectivity index (χ1v) is 5.77. The van der Waals surface area contributed by atoms with Gasteiger partial charge < -0.3 is 9.84 Å². The van der Waals surface area contributed by atoms with E-state index >= 15 is 0 Å². The quantitative estimate of drug-likeness (QED) is 0.867. The highest BCUT2D eigenvalue weighted by atomic mass is 35.5. The maximum absolute atomic E-state index is 13.2. The second kappa shape index (κ2) is 5.13. The van der Waals surface area contributed by atoms with Gasteiger partial charge in [0, 0.05) is 13.2 Å². The lowest BCUT2D eigenvalue weighted by atomic mass is 9.89. The molecule has 1 fully saturated rings. The lowest BCUT2D eigenvalue weighted by Gasteiger charge is -2.27. The Kier molecular flexibility index (Phi) is 3.79. The molecule has 0 radical (unpaired) electrons. The second-order valence-corrected chi connectivity index (χ2v) is 4.48. The highest BCUT2D eigenvalue weighted by Gasteiger charge is 2.23. The van der Waals surface area contributed by atoms with Crippen molar-refractivity contribution in [1.82, 2.24) is 0 Å². The van der Waals surface area contributed by atoms with Crippen molar-refractivity contribution in [2.75, 3.05) is 13.2 Å². The summed E-state index contributed by atoms with van der Waals surface area (Å²) in [5.41, 5.74) is 0.591. The summed E-state index contributed by atoms with van der Waals surface area (Å²) in [5.74, 6) is -0.334. The molecule has 1 aromatic rings. The molecule has 88 valence electrons. The van der Waals surface area contributed by atoms with E-state index in [4.69, 9.17) is 16.3 Å². The van der Waals surface area contributed by atoms with Crippen molar-refractivity contribution in [3.8, 4) is 0 Å². The Balaban J connectivity index is 2.12. The number of benzene rings is 1. The fourth-order valence-corrected chi connectivity index (χ4v) is 2.12. The maximum atomic E-state index is 13.2. The van der Waals surface area contributed by atoms with Crippen LogP contribution in [-0.4, -0.2) is 18.3 Å². The standard InChI is InChI=1S/C12H14ClFO2/c13-10-2-1-9(7-11(10)14)12(15)8-3-5-16-6-4-8/h1-2,7-8,12,15H,3-6H2. The molecule has 0 spiro atoms. The Morgan fingerprint density at radius 1 is 1.38 bits per heavy atom. The van der Waals surface area contributed by atoms with Crippen LogP contribution in [-0.2, 0) is 4.74 Å². The average molecular weight is 245 g/mol. The summed E-state index contributed by atoms with van der Waals surface area (Å²) in [5, 5.41) is 10.2. The maximum Gasteiger partial charge on any atom is 0.142 e. The van der Waals surface area contributed by atoms with Crippen LogP contribution in [0, 0.1) is 11.7 Å². The number of aliphatic hydroxyl groups excluding tert-OH is 1. The molecule has 0 amide bonds. The third kappa shape index (κ3) is 2.54. The zero-order chi connectivity index (χ0) is 11.5.